The topological polar surface area (TPSA) is 52.6 Å². The van der Waals surface area contributed by atoms with E-state index in [4.69, 9.17) is 9.47 Å². The predicted octanol–water partition coefficient (Wildman–Crippen LogP) is 8.76. The van der Waals surface area contributed by atoms with Gasteiger partial charge in [-0.1, -0.05) is 57.0 Å². The Balaban J connectivity index is 1.56. The Labute approximate surface area is 238 Å². The fraction of sp³-hybridized carbons (Fsp3) is 0.412. The third-order valence-electron chi connectivity index (χ3n) is 9.20. The molecule has 1 saturated carbocycles. The van der Waals surface area contributed by atoms with Crippen LogP contribution in [0.25, 0.3) is 0 Å². The number of alkyl halides is 3. The van der Waals surface area contributed by atoms with Gasteiger partial charge in [-0.15, -0.1) is 0 Å². The minimum absolute atomic E-state index is 0.0112. The monoisotopic (exact) mass is 564 g/mol. The van der Waals surface area contributed by atoms with Gasteiger partial charge in [0.1, 0.15) is 11.5 Å². The van der Waals surface area contributed by atoms with Crippen molar-refractivity contribution in [2.75, 3.05) is 7.11 Å². The first-order chi connectivity index (χ1) is 19.6. The van der Waals surface area contributed by atoms with Crippen LogP contribution in [0, 0.1) is 17.3 Å². The normalized spacial score (nSPS) is 24.1. The highest BCUT2D eigenvalue weighted by Crippen LogP contribution is 2.56. The van der Waals surface area contributed by atoms with Crippen molar-refractivity contribution in [1.82, 2.24) is 0 Å². The zero-order valence-corrected chi connectivity index (χ0v) is 23.6. The summed E-state index contributed by atoms with van der Waals surface area (Å²) in [5.41, 5.74) is 1.26. The summed E-state index contributed by atoms with van der Waals surface area (Å²) in [6.45, 7) is 4.16. The van der Waals surface area contributed by atoms with Gasteiger partial charge in [0.25, 0.3) is 0 Å². The van der Waals surface area contributed by atoms with Crippen molar-refractivity contribution >= 4 is 11.8 Å². The lowest BCUT2D eigenvalue weighted by molar-refractivity contribution is -0.158. The van der Waals surface area contributed by atoms with Crippen molar-refractivity contribution in [3.63, 3.8) is 0 Å². The number of hydrogen-bond acceptors (Lipinski definition) is 4. The van der Waals surface area contributed by atoms with Crippen LogP contribution in [0.4, 0.5) is 13.2 Å². The number of Topliss-reactive ketones (excluding diaryl/α,β-unsaturated/α-hetero) is 1. The van der Waals surface area contributed by atoms with Crippen molar-refractivity contribution in [1.29, 1.82) is 0 Å². The van der Waals surface area contributed by atoms with Crippen LogP contribution in [-0.4, -0.2) is 18.9 Å². The molecule has 3 aromatic rings. The minimum Gasteiger partial charge on any atom is -0.469 e. The lowest BCUT2D eigenvalue weighted by Crippen LogP contribution is -2.45. The second kappa shape index (κ2) is 11.3. The van der Waals surface area contributed by atoms with Gasteiger partial charge in [0.15, 0.2) is 5.78 Å². The Morgan fingerprint density at radius 3 is 2.49 bits per heavy atom. The van der Waals surface area contributed by atoms with Gasteiger partial charge in [0.2, 0.25) is 0 Å². The molecule has 3 aromatic carbocycles. The number of carbonyl (C=O) groups excluding carboxylic acids is 2. The number of hydrogen-bond donors (Lipinski definition) is 0. The molecule has 5 rings (SSSR count). The van der Waals surface area contributed by atoms with Crippen LogP contribution >= 0.6 is 0 Å². The summed E-state index contributed by atoms with van der Waals surface area (Å²) in [6.07, 6.45) is -0.888. The second-order valence-electron chi connectivity index (χ2n) is 11.5. The van der Waals surface area contributed by atoms with Gasteiger partial charge in [-0.3, -0.25) is 9.59 Å². The zero-order valence-electron chi connectivity index (χ0n) is 23.6. The van der Waals surface area contributed by atoms with Crippen LogP contribution in [-0.2, 0) is 22.1 Å². The summed E-state index contributed by atoms with van der Waals surface area (Å²) < 4.78 is 52.3. The summed E-state index contributed by atoms with van der Waals surface area (Å²) in [7, 11) is 1.41. The third-order valence-corrected chi connectivity index (χ3v) is 9.20. The van der Waals surface area contributed by atoms with Crippen LogP contribution in [0.1, 0.15) is 84.5 Å². The van der Waals surface area contributed by atoms with Gasteiger partial charge in [-0.25, -0.2) is 0 Å². The molecule has 0 aromatic heterocycles. The molecule has 1 fully saturated rings. The van der Waals surface area contributed by atoms with E-state index in [1.54, 1.807) is 12.1 Å². The van der Waals surface area contributed by atoms with Crippen LogP contribution in [0.3, 0.4) is 0 Å². The number of rotatable bonds is 6. The molecule has 216 valence electrons. The molecule has 2 aliphatic carbocycles. The van der Waals surface area contributed by atoms with E-state index in [9.17, 15) is 22.8 Å². The Morgan fingerprint density at radius 1 is 1.05 bits per heavy atom. The van der Waals surface area contributed by atoms with Crippen molar-refractivity contribution < 1.29 is 32.2 Å². The minimum atomic E-state index is -4.48. The highest BCUT2D eigenvalue weighted by atomic mass is 19.4. The number of ketones is 1. The zero-order chi connectivity index (χ0) is 29.4. The summed E-state index contributed by atoms with van der Waals surface area (Å²) in [6, 6.07) is 18.1. The van der Waals surface area contributed by atoms with Gasteiger partial charge < -0.3 is 9.47 Å². The summed E-state index contributed by atoms with van der Waals surface area (Å²) >= 11 is 0. The molecule has 0 N–H and O–H groups in total. The van der Waals surface area contributed by atoms with Crippen LogP contribution in [0.5, 0.6) is 11.5 Å². The Kier molecular flexibility index (Phi) is 8.00. The fourth-order valence-electron chi connectivity index (χ4n) is 7.11. The molecule has 2 aliphatic rings. The van der Waals surface area contributed by atoms with Crippen LogP contribution in [0.2, 0.25) is 0 Å². The summed E-state index contributed by atoms with van der Waals surface area (Å²) in [5.74, 6) is 0.470. The highest BCUT2D eigenvalue weighted by molar-refractivity contribution is 6.00. The van der Waals surface area contributed by atoms with Gasteiger partial charge >= 0.3 is 12.1 Å². The first-order valence-corrected chi connectivity index (χ1v) is 14.2. The van der Waals surface area contributed by atoms with Gasteiger partial charge in [0.05, 0.1) is 18.1 Å². The lowest BCUT2D eigenvalue weighted by atomic mass is 9.58. The molecule has 0 amide bonds. The SMILES string of the molecule is CCC1(C(=O)OC)CCCC(C)C2c3cc(Oc4ccc(C(F)(F)F)cc4Cc4ccccc4)ccc3C(=O)CC21. The molecule has 4 atom stereocenters. The molecule has 4 nitrogen and oxygen atoms in total. The van der Waals surface area contributed by atoms with E-state index in [1.165, 1.54) is 13.2 Å². The van der Waals surface area contributed by atoms with Gasteiger partial charge in [-0.05, 0) is 83.7 Å². The molecule has 0 saturated heterocycles. The second-order valence-corrected chi connectivity index (χ2v) is 11.5. The molecule has 0 bridgehead atoms. The van der Waals surface area contributed by atoms with Crippen molar-refractivity contribution in [2.24, 2.45) is 17.3 Å². The number of benzene rings is 3. The molecule has 7 heteroatoms. The largest absolute Gasteiger partial charge is 0.469 e. The van der Waals surface area contributed by atoms with Gasteiger partial charge in [-0.2, -0.15) is 13.2 Å². The molecule has 41 heavy (non-hydrogen) atoms. The van der Waals surface area contributed by atoms with E-state index in [1.807, 2.05) is 43.3 Å². The number of esters is 1. The van der Waals surface area contributed by atoms with Crippen LogP contribution < -0.4 is 4.74 Å². The molecular formula is C34H35F3O4. The first-order valence-electron chi connectivity index (χ1n) is 14.2. The summed E-state index contributed by atoms with van der Waals surface area (Å²) in [4.78, 5) is 26.6. The molecule has 4 unspecified atom stereocenters. The van der Waals surface area contributed by atoms with Crippen molar-refractivity contribution in [3.8, 4) is 11.5 Å². The standard InChI is InChI=1S/C34H35F3O4/c1-4-33(32(39)40-3)16-8-9-21(2)31-27-19-25(13-14-26(27)29(38)20-28(31)33)41-30-15-12-24(34(35,36)37)18-23(30)17-22-10-6-5-7-11-22/h5-7,10-15,18-19,21,28,31H,4,8-9,16-17,20H2,1-3H3. The molecule has 0 aliphatic heterocycles. The maximum absolute atomic E-state index is 13.6. The molecular weight excluding hydrogens is 529 g/mol. The average Bonchev–Trinajstić information content (AvgIpc) is 3.10. The van der Waals surface area contributed by atoms with Crippen molar-refractivity contribution in [3.05, 3.63) is 94.5 Å². The Hall–Kier alpha value is -3.61. The highest BCUT2D eigenvalue weighted by Gasteiger charge is 2.54. The number of carbonyl (C=O) groups is 2. The number of halogens is 3. The quantitative estimate of drug-likeness (QED) is 0.281. The van der Waals surface area contributed by atoms with E-state index < -0.39 is 17.2 Å². The Morgan fingerprint density at radius 2 is 1.80 bits per heavy atom. The van der Waals surface area contributed by atoms with E-state index in [2.05, 4.69) is 6.92 Å². The number of methoxy groups -OCH3 is 1. The average molecular weight is 565 g/mol. The summed E-state index contributed by atoms with van der Waals surface area (Å²) in [5, 5.41) is 0. The maximum Gasteiger partial charge on any atom is 0.416 e. The fourth-order valence-corrected chi connectivity index (χ4v) is 7.11. The smallest absolute Gasteiger partial charge is 0.416 e. The Bertz CT molecular complexity index is 1430. The number of fused-ring (bicyclic) bond motifs is 3. The van der Waals surface area contributed by atoms with E-state index in [-0.39, 0.29) is 42.3 Å². The lowest BCUT2D eigenvalue weighted by Gasteiger charge is -2.44. The van der Waals surface area contributed by atoms with Crippen LogP contribution in [0.15, 0.2) is 66.7 Å². The number of ether oxygens (including phenoxy) is 2. The first kappa shape index (κ1) is 28.9. The third kappa shape index (κ3) is 5.51. The maximum atomic E-state index is 13.6. The molecule has 0 spiro atoms. The molecule has 0 heterocycles. The van der Waals surface area contributed by atoms with Crippen molar-refractivity contribution in [2.45, 2.75) is 64.5 Å². The molecule has 0 radical (unpaired) electrons. The van der Waals surface area contributed by atoms with E-state index >= 15 is 0 Å². The van der Waals surface area contributed by atoms with E-state index in [0.29, 0.717) is 35.5 Å². The predicted molar refractivity (Wildman–Crippen MR) is 150 cm³/mol. The van der Waals surface area contributed by atoms with Gasteiger partial charge in [0, 0.05) is 18.4 Å². The van der Waals surface area contributed by atoms with E-state index in [0.717, 1.165) is 36.1 Å².